The summed E-state index contributed by atoms with van der Waals surface area (Å²) in [6.07, 6.45) is 1.89. The van der Waals surface area contributed by atoms with Crippen LogP contribution in [-0.2, 0) is 0 Å². The zero-order valence-electron chi connectivity index (χ0n) is 10.6. The molecule has 0 radical (unpaired) electrons. The number of thioether (sulfide) groups is 1. The molecule has 5 heteroatoms. The first-order valence-corrected chi connectivity index (χ1v) is 6.96. The molecule has 0 fully saturated rings. The quantitative estimate of drug-likeness (QED) is 0.864. The molecule has 0 atom stereocenters. The van der Waals surface area contributed by atoms with Crippen molar-refractivity contribution in [2.75, 3.05) is 11.6 Å². The monoisotopic (exact) mass is 283 g/mol. The maximum atomic E-state index is 13.1. The summed E-state index contributed by atoms with van der Waals surface area (Å²) in [5.74, 6) is -0.467. The average molecular weight is 283 g/mol. The van der Waals surface area contributed by atoms with Crippen LogP contribution in [0, 0.1) is 28.5 Å². The topological polar surface area (TPSA) is 59.6 Å². The van der Waals surface area contributed by atoms with Crippen LogP contribution >= 0.6 is 11.8 Å². The summed E-state index contributed by atoms with van der Waals surface area (Å²) < 4.78 is 13.1. The van der Waals surface area contributed by atoms with Crippen molar-refractivity contribution in [2.24, 2.45) is 0 Å². The number of nitrogens with one attached hydrogen (secondary N) is 1. The van der Waals surface area contributed by atoms with Crippen LogP contribution in [0.2, 0.25) is 0 Å². The number of halogens is 1. The van der Waals surface area contributed by atoms with Crippen LogP contribution in [0.15, 0.2) is 41.3 Å². The number of hydrogen-bond acceptors (Lipinski definition) is 4. The number of benzene rings is 2. The van der Waals surface area contributed by atoms with E-state index < -0.39 is 5.82 Å². The molecule has 0 heterocycles. The van der Waals surface area contributed by atoms with Crippen LogP contribution < -0.4 is 5.32 Å². The van der Waals surface area contributed by atoms with Crippen LogP contribution in [0.4, 0.5) is 15.8 Å². The van der Waals surface area contributed by atoms with E-state index in [1.54, 1.807) is 6.07 Å². The first kappa shape index (κ1) is 13.9. The van der Waals surface area contributed by atoms with E-state index in [0.717, 1.165) is 11.0 Å². The molecular weight excluding hydrogens is 273 g/mol. The molecule has 2 rings (SSSR count). The number of nitrogens with zero attached hydrogens (tertiary/aromatic N) is 2. The number of hydrogen-bond donors (Lipinski definition) is 1. The summed E-state index contributed by atoms with van der Waals surface area (Å²) >= 11 is 1.47. The lowest BCUT2D eigenvalue weighted by Crippen LogP contribution is -1.97. The summed E-state index contributed by atoms with van der Waals surface area (Å²) in [6, 6.07) is 13.4. The molecule has 2 aromatic rings. The van der Waals surface area contributed by atoms with Gasteiger partial charge < -0.3 is 5.32 Å². The Balaban J connectivity index is 2.46. The van der Waals surface area contributed by atoms with Gasteiger partial charge in [-0.2, -0.15) is 10.5 Å². The molecule has 0 aromatic heterocycles. The van der Waals surface area contributed by atoms with Crippen LogP contribution in [-0.4, -0.2) is 6.26 Å². The van der Waals surface area contributed by atoms with E-state index >= 15 is 0 Å². The molecule has 3 nitrogen and oxygen atoms in total. The van der Waals surface area contributed by atoms with Crippen molar-refractivity contribution < 1.29 is 4.39 Å². The minimum absolute atomic E-state index is 0.198. The molecular formula is C15H10FN3S. The lowest BCUT2D eigenvalue weighted by Gasteiger charge is -2.11. The molecule has 0 bridgehead atoms. The van der Waals surface area contributed by atoms with E-state index in [0.29, 0.717) is 16.9 Å². The molecule has 98 valence electrons. The van der Waals surface area contributed by atoms with Gasteiger partial charge in [-0.3, -0.25) is 0 Å². The van der Waals surface area contributed by atoms with E-state index in [4.69, 9.17) is 5.26 Å². The molecule has 0 aliphatic heterocycles. The fourth-order valence-corrected chi connectivity index (χ4v) is 2.36. The molecule has 0 aliphatic rings. The summed E-state index contributed by atoms with van der Waals surface area (Å²) in [5.41, 5.74) is 1.78. The Morgan fingerprint density at radius 2 is 1.90 bits per heavy atom. The molecule has 0 saturated heterocycles. The molecule has 2 aromatic carbocycles. The predicted octanol–water partition coefficient (Wildman–Crippen LogP) is 4.03. The Hall–Kier alpha value is -2.50. The van der Waals surface area contributed by atoms with Crippen LogP contribution in [0.5, 0.6) is 0 Å². The van der Waals surface area contributed by atoms with Crippen molar-refractivity contribution in [3.05, 3.63) is 53.3 Å². The summed E-state index contributed by atoms with van der Waals surface area (Å²) in [4.78, 5) is 0.845. The molecule has 0 saturated carbocycles. The van der Waals surface area contributed by atoms with E-state index in [1.165, 1.54) is 23.9 Å². The van der Waals surface area contributed by atoms with E-state index in [-0.39, 0.29) is 5.56 Å². The van der Waals surface area contributed by atoms with Gasteiger partial charge in [-0.1, -0.05) is 6.07 Å². The van der Waals surface area contributed by atoms with Crippen LogP contribution in [0.1, 0.15) is 11.1 Å². The smallest absolute Gasteiger partial charge is 0.124 e. The summed E-state index contributed by atoms with van der Waals surface area (Å²) in [7, 11) is 0. The van der Waals surface area contributed by atoms with Crippen LogP contribution in [0.25, 0.3) is 0 Å². The lowest BCUT2D eigenvalue weighted by molar-refractivity contribution is 0.627. The average Bonchev–Trinajstić information content (AvgIpc) is 2.48. The predicted molar refractivity (Wildman–Crippen MR) is 77.3 cm³/mol. The number of anilines is 2. The van der Waals surface area contributed by atoms with Gasteiger partial charge in [-0.05, 0) is 36.6 Å². The zero-order valence-corrected chi connectivity index (χ0v) is 11.5. The minimum atomic E-state index is -0.467. The zero-order chi connectivity index (χ0) is 14.5. The van der Waals surface area contributed by atoms with E-state index in [9.17, 15) is 9.65 Å². The van der Waals surface area contributed by atoms with Crippen molar-refractivity contribution in [1.82, 2.24) is 0 Å². The second-order valence-corrected chi connectivity index (χ2v) is 4.77. The summed E-state index contributed by atoms with van der Waals surface area (Å²) in [5, 5.41) is 21.3. The SMILES string of the molecule is CSc1cccc(Nc2ccc(F)cc2C#N)c1C#N. The van der Waals surface area contributed by atoms with Gasteiger partial charge in [0.05, 0.1) is 22.5 Å². The first-order valence-electron chi connectivity index (χ1n) is 5.73. The van der Waals surface area contributed by atoms with Gasteiger partial charge in [0.2, 0.25) is 0 Å². The number of rotatable bonds is 3. The highest BCUT2D eigenvalue weighted by molar-refractivity contribution is 7.98. The second kappa shape index (κ2) is 6.10. The molecule has 0 aliphatic carbocycles. The highest BCUT2D eigenvalue weighted by Crippen LogP contribution is 2.29. The Kier molecular flexibility index (Phi) is 4.24. The van der Waals surface area contributed by atoms with E-state index in [2.05, 4.69) is 11.4 Å². The highest BCUT2D eigenvalue weighted by Gasteiger charge is 2.10. The van der Waals surface area contributed by atoms with Gasteiger partial charge in [0.15, 0.2) is 0 Å². The number of nitriles is 2. The highest BCUT2D eigenvalue weighted by atomic mass is 32.2. The molecule has 1 N–H and O–H groups in total. The van der Waals surface area contributed by atoms with Crippen molar-refractivity contribution >= 4 is 23.1 Å². The first-order chi connectivity index (χ1) is 9.69. The normalized spacial score (nSPS) is 9.60. The Morgan fingerprint density at radius 3 is 2.55 bits per heavy atom. The Bertz CT molecular complexity index is 729. The Morgan fingerprint density at radius 1 is 1.10 bits per heavy atom. The standard InChI is InChI=1S/C15H10FN3S/c1-20-15-4-2-3-14(12(15)9-18)19-13-6-5-11(16)7-10(13)8-17/h2-7,19H,1H3. The van der Waals surface area contributed by atoms with Crippen LogP contribution in [0.3, 0.4) is 0 Å². The van der Waals surface area contributed by atoms with Gasteiger partial charge in [0, 0.05) is 4.90 Å². The lowest BCUT2D eigenvalue weighted by atomic mass is 10.1. The van der Waals surface area contributed by atoms with Gasteiger partial charge in [0.25, 0.3) is 0 Å². The molecule has 0 amide bonds. The second-order valence-electron chi connectivity index (χ2n) is 3.92. The third-order valence-corrected chi connectivity index (χ3v) is 3.51. The fourth-order valence-electron chi connectivity index (χ4n) is 1.78. The fraction of sp³-hybridized carbons (Fsp3) is 0.0667. The largest absolute Gasteiger partial charge is 0.353 e. The van der Waals surface area contributed by atoms with Crippen molar-refractivity contribution in [2.45, 2.75) is 4.90 Å². The third kappa shape index (κ3) is 2.74. The molecule has 20 heavy (non-hydrogen) atoms. The van der Waals surface area contributed by atoms with Crippen molar-refractivity contribution in [1.29, 1.82) is 10.5 Å². The van der Waals surface area contributed by atoms with E-state index in [1.807, 2.05) is 24.5 Å². The minimum Gasteiger partial charge on any atom is -0.353 e. The molecule has 0 unspecified atom stereocenters. The molecule has 0 spiro atoms. The van der Waals surface area contributed by atoms with Crippen molar-refractivity contribution in [3.8, 4) is 12.1 Å². The Labute approximate surface area is 120 Å². The van der Waals surface area contributed by atoms with Gasteiger partial charge >= 0.3 is 0 Å². The van der Waals surface area contributed by atoms with Gasteiger partial charge in [-0.15, -0.1) is 11.8 Å². The summed E-state index contributed by atoms with van der Waals surface area (Å²) in [6.45, 7) is 0. The maximum absolute atomic E-state index is 13.1. The van der Waals surface area contributed by atoms with Gasteiger partial charge in [-0.25, -0.2) is 4.39 Å². The third-order valence-electron chi connectivity index (χ3n) is 2.73. The maximum Gasteiger partial charge on any atom is 0.124 e. The van der Waals surface area contributed by atoms with Gasteiger partial charge in [0.1, 0.15) is 18.0 Å². The van der Waals surface area contributed by atoms with Crippen molar-refractivity contribution in [3.63, 3.8) is 0 Å².